The molecule has 0 aromatic heterocycles. The maximum Gasteiger partial charge on any atom is 0.300 e. The van der Waals surface area contributed by atoms with Gasteiger partial charge in [0.15, 0.2) is 0 Å². The van der Waals surface area contributed by atoms with Crippen LogP contribution in [-0.4, -0.2) is 23.4 Å². The largest absolute Gasteiger partial charge is 0.507 e. The highest BCUT2D eigenvalue weighted by molar-refractivity contribution is 6.51. The Kier molecular flexibility index (Phi) is 6.45. The van der Waals surface area contributed by atoms with E-state index in [1.54, 1.807) is 66.7 Å². The van der Waals surface area contributed by atoms with E-state index < -0.39 is 17.7 Å². The van der Waals surface area contributed by atoms with Gasteiger partial charge >= 0.3 is 0 Å². The number of amides is 1. The normalized spacial score (nSPS) is 17.5. The Morgan fingerprint density at radius 2 is 1.76 bits per heavy atom. The molecule has 33 heavy (non-hydrogen) atoms. The predicted octanol–water partition coefficient (Wildman–Crippen LogP) is 6.33. The zero-order valence-corrected chi connectivity index (χ0v) is 19.5. The van der Waals surface area contributed by atoms with Crippen molar-refractivity contribution < 1.29 is 19.4 Å². The minimum absolute atomic E-state index is 0.0207. The standard InChI is InChI=1S/C26H21Cl2NO4/c1-3-33-20-6-4-5-17(13-20)24(30)22-23(16-8-10-18(27)11-9-16)29(26(32)25(22)31)19-12-7-15(2)21(28)14-19/h4-14,23,30H,3H2,1-2H3/b24-22+. The van der Waals surface area contributed by atoms with Crippen LogP contribution >= 0.6 is 23.2 Å². The first-order chi connectivity index (χ1) is 15.8. The summed E-state index contributed by atoms with van der Waals surface area (Å²) in [4.78, 5) is 27.8. The van der Waals surface area contributed by atoms with Crippen molar-refractivity contribution in [3.8, 4) is 5.75 Å². The molecule has 1 unspecified atom stereocenters. The van der Waals surface area contributed by atoms with Crippen molar-refractivity contribution in [3.05, 3.63) is 99.0 Å². The molecule has 3 aromatic carbocycles. The van der Waals surface area contributed by atoms with Crippen LogP contribution in [0.15, 0.2) is 72.3 Å². The summed E-state index contributed by atoms with van der Waals surface area (Å²) in [5, 5.41) is 12.2. The first kappa shape index (κ1) is 22.9. The summed E-state index contributed by atoms with van der Waals surface area (Å²) in [5.41, 5.74) is 2.27. The minimum Gasteiger partial charge on any atom is -0.507 e. The lowest BCUT2D eigenvalue weighted by atomic mass is 9.95. The zero-order chi connectivity index (χ0) is 23.7. The van der Waals surface area contributed by atoms with E-state index in [2.05, 4.69) is 0 Å². The van der Waals surface area contributed by atoms with Crippen LogP contribution in [0.1, 0.15) is 29.7 Å². The summed E-state index contributed by atoms with van der Waals surface area (Å²) in [6, 6.07) is 17.9. The number of anilines is 1. The second-order valence-electron chi connectivity index (χ2n) is 7.61. The maximum atomic E-state index is 13.2. The van der Waals surface area contributed by atoms with E-state index in [1.807, 2.05) is 13.8 Å². The van der Waals surface area contributed by atoms with Crippen LogP contribution in [0, 0.1) is 6.92 Å². The van der Waals surface area contributed by atoms with Crippen molar-refractivity contribution in [1.82, 2.24) is 0 Å². The minimum atomic E-state index is -0.864. The van der Waals surface area contributed by atoms with Crippen LogP contribution in [-0.2, 0) is 9.59 Å². The maximum absolute atomic E-state index is 13.2. The molecule has 1 saturated heterocycles. The van der Waals surface area contributed by atoms with Gasteiger partial charge in [-0.25, -0.2) is 0 Å². The number of ketones is 1. The van der Waals surface area contributed by atoms with Gasteiger partial charge in [-0.15, -0.1) is 0 Å². The van der Waals surface area contributed by atoms with Gasteiger partial charge in [0.25, 0.3) is 11.7 Å². The average molecular weight is 482 g/mol. The fourth-order valence-corrected chi connectivity index (χ4v) is 4.15. The van der Waals surface area contributed by atoms with Gasteiger partial charge in [0.05, 0.1) is 18.2 Å². The third-order valence-electron chi connectivity index (χ3n) is 5.48. The molecule has 0 radical (unpaired) electrons. The molecule has 5 nitrogen and oxygen atoms in total. The zero-order valence-electron chi connectivity index (χ0n) is 18.0. The Labute approximate surface area is 201 Å². The lowest BCUT2D eigenvalue weighted by Crippen LogP contribution is -2.29. The first-order valence-electron chi connectivity index (χ1n) is 10.4. The monoisotopic (exact) mass is 481 g/mol. The Bertz CT molecular complexity index is 1270. The van der Waals surface area contributed by atoms with Gasteiger partial charge in [-0.1, -0.05) is 53.5 Å². The molecular formula is C26H21Cl2NO4. The lowest BCUT2D eigenvalue weighted by Gasteiger charge is -2.26. The number of carbonyl (C=O) groups is 2. The number of benzene rings is 3. The molecular weight excluding hydrogens is 461 g/mol. The highest BCUT2D eigenvalue weighted by Crippen LogP contribution is 2.43. The van der Waals surface area contributed by atoms with Gasteiger partial charge in [0.1, 0.15) is 11.5 Å². The van der Waals surface area contributed by atoms with E-state index in [4.69, 9.17) is 27.9 Å². The van der Waals surface area contributed by atoms with Crippen LogP contribution in [0.3, 0.4) is 0 Å². The fourth-order valence-electron chi connectivity index (χ4n) is 3.85. The summed E-state index contributed by atoms with van der Waals surface area (Å²) >= 11 is 12.4. The molecule has 4 rings (SSSR count). The number of carbonyl (C=O) groups excluding carboxylic acids is 2. The van der Waals surface area contributed by atoms with Crippen molar-refractivity contribution in [2.24, 2.45) is 0 Å². The summed E-state index contributed by atoms with van der Waals surface area (Å²) in [6.45, 7) is 4.15. The van der Waals surface area contributed by atoms with Crippen LogP contribution in [0.2, 0.25) is 10.0 Å². The molecule has 1 atom stereocenters. The molecule has 168 valence electrons. The van der Waals surface area contributed by atoms with E-state index in [-0.39, 0.29) is 11.3 Å². The van der Waals surface area contributed by atoms with E-state index in [0.717, 1.165) is 5.56 Å². The summed E-state index contributed by atoms with van der Waals surface area (Å²) in [7, 11) is 0. The lowest BCUT2D eigenvalue weighted by molar-refractivity contribution is -0.132. The van der Waals surface area contributed by atoms with Gasteiger partial charge in [0.2, 0.25) is 0 Å². The molecule has 1 aliphatic heterocycles. The van der Waals surface area contributed by atoms with Gasteiger partial charge in [0, 0.05) is 21.3 Å². The number of Topliss-reactive ketones (excluding diaryl/α,β-unsaturated/α-hetero) is 1. The Balaban J connectivity index is 1.93. The molecule has 1 amide bonds. The predicted molar refractivity (Wildman–Crippen MR) is 130 cm³/mol. The second-order valence-corrected chi connectivity index (χ2v) is 8.46. The second kappa shape index (κ2) is 9.30. The number of halogens is 2. The van der Waals surface area contributed by atoms with E-state index in [1.165, 1.54) is 4.90 Å². The highest BCUT2D eigenvalue weighted by atomic mass is 35.5. The smallest absolute Gasteiger partial charge is 0.300 e. The van der Waals surface area contributed by atoms with Gasteiger partial charge in [-0.2, -0.15) is 0 Å². The van der Waals surface area contributed by atoms with Crippen molar-refractivity contribution in [2.45, 2.75) is 19.9 Å². The third-order valence-corrected chi connectivity index (χ3v) is 6.14. The molecule has 0 spiro atoms. The summed E-state index contributed by atoms with van der Waals surface area (Å²) in [5.74, 6) is -1.27. The Morgan fingerprint density at radius 1 is 1.03 bits per heavy atom. The molecule has 3 aromatic rings. The number of aliphatic hydroxyl groups is 1. The molecule has 0 saturated carbocycles. The van der Waals surface area contributed by atoms with Crippen LogP contribution < -0.4 is 9.64 Å². The van der Waals surface area contributed by atoms with Crippen molar-refractivity contribution in [3.63, 3.8) is 0 Å². The van der Waals surface area contributed by atoms with Crippen LogP contribution in [0.5, 0.6) is 5.75 Å². The molecule has 1 heterocycles. The van der Waals surface area contributed by atoms with E-state index >= 15 is 0 Å². The van der Waals surface area contributed by atoms with Gasteiger partial charge < -0.3 is 9.84 Å². The van der Waals surface area contributed by atoms with Crippen LogP contribution in [0.4, 0.5) is 5.69 Å². The van der Waals surface area contributed by atoms with Gasteiger partial charge in [-0.3, -0.25) is 14.5 Å². The number of rotatable bonds is 5. The number of hydrogen-bond acceptors (Lipinski definition) is 4. The number of aliphatic hydroxyl groups excluding tert-OH is 1. The molecule has 0 bridgehead atoms. The number of aryl methyl sites for hydroxylation is 1. The number of hydrogen-bond donors (Lipinski definition) is 1. The molecule has 1 N–H and O–H groups in total. The quantitative estimate of drug-likeness (QED) is 0.262. The number of nitrogens with zero attached hydrogens (tertiary/aromatic N) is 1. The molecule has 7 heteroatoms. The first-order valence-corrected chi connectivity index (χ1v) is 11.1. The summed E-state index contributed by atoms with van der Waals surface area (Å²) in [6.07, 6.45) is 0. The number of ether oxygens (including phenoxy) is 1. The van der Waals surface area contributed by atoms with Crippen molar-refractivity contribution in [1.29, 1.82) is 0 Å². The van der Waals surface area contributed by atoms with Gasteiger partial charge in [-0.05, 0) is 61.4 Å². The topological polar surface area (TPSA) is 66.8 Å². The van der Waals surface area contributed by atoms with E-state index in [9.17, 15) is 14.7 Å². The Hall–Kier alpha value is -3.28. The summed E-state index contributed by atoms with van der Waals surface area (Å²) < 4.78 is 5.52. The highest BCUT2D eigenvalue weighted by Gasteiger charge is 2.47. The Morgan fingerprint density at radius 3 is 2.42 bits per heavy atom. The van der Waals surface area contributed by atoms with Crippen molar-refractivity contribution in [2.75, 3.05) is 11.5 Å². The third kappa shape index (κ3) is 4.34. The molecule has 1 fully saturated rings. The van der Waals surface area contributed by atoms with Crippen LogP contribution in [0.25, 0.3) is 5.76 Å². The molecule has 0 aliphatic carbocycles. The molecule has 1 aliphatic rings. The fraction of sp³-hybridized carbons (Fsp3) is 0.154. The van der Waals surface area contributed by atoms with E-state index in [0.29, 0.717) is 39.2 Å². The SMILES string of the molecule is CCOc1cccc(/C(O)=C2\C(=O)C(=O)N(c3ccc(C)c(Cl)c3)C2c2ccc(Cl)cc2)c1. The van der Waals surface area contributed by atoms with Crippen molar-refractivity contribution >= 4 is 46.3 Å². The average Bonchev–Trinajstić information content (AvgIpc) is 3.07.